The zero-order valence-electron chi connectivity index (χ0n) is 14.0. The Balaban J connectivity index is 1.93. The molecule has 5 nitrogen and oxygen atoms in total. The van der Waals surface area contributed by atoms with Gasteiger partial charge in [0, 0.05) is 26.0 Å². The van der Waals surface area contributed by atoms with E-state index in [1.54, 1.807) is 12.4 Å². The second-order valence-corrected chi connectivity index (χ2v) is 5.51. The number of aromatic nitrogens is 1. The second kappa shape index (κ2) is 6.97. The number of aryl methyl sites for hydroxylation is 1. The lowest BCUT2D eigenvalue weighted by molar-refractivity contribution is 1.09. The summed E-state index contributed by atoms with van der Waals surface area (Å²) in [6.07, 6.45) is 5.55. The van der Waals surface area contributed by atoms with Gasteiger partial charge in [0.15, 0.2) is 6.07 Å². The minimum atomic E-state index is -0.0230. The van der Waals surface area contributed by atoms with Crippen LogP contribution in [0.2, 0.25) is 0 Å². The second-order valence-electron chi connectivity index (χ2n) is 5.51. The monoisotopic (exact) mass is 318 g/mol. The SMILES string of the molecule is CNc1ccc(C)c(C2C#[N+]C(c3ccnc(NC)c3)=NC=C2)c1. The van der Waals surface area contributed by atoms with Crippen LogP contribution in [-0.2, 0) is 0 Å². The van der Waals surface area contributed by atoms with Crippen LogP contribution in [0.1, 0.15) is 22.6 Å². The summed E-state index contributed by atoms with van der Waals surface area (Å²) in [6.45, 7) is 2.10. The van der Waals surface area contributed by atoms with Crippen molar-refractivity contribution in [3.05, 3.63) is 70.3 Å². The molecule has 2 aromatic rings. The molecule has 0 aliphatic carbocycles. The van der Waals surface area contributed by atoms with Crippen LogP contribution in [0.4, 0.5) is 11.5 Å². The van der Waals surface area contributed by atoms with E-state index in [9.17, 15) is 0 Å². The Bertz CT molecular complexity index is 871. The molecule has 0 amide bonds. The Kier molecular flexibility index (Phi) is 4.57. The van der Waals surface area contributed by atoms with E-state index in [1.165, 1.54) is 11.1 Å². The molecule has 1 atom stereocenters. The maximum Gasteiger partial charge on any atom is 0.432 e. The quantitative estimate of drug-likeness (QED) is 0.900. The van der Waals surface area contributed by atoms with Crippen molar-refractivity contribution in [1.29, 1.82) is 0 Å². The van der Waals surface area contributed by atoms with Gasteiger partial charge in [0.1, 0.15) is 17.9 Å². The fraction of sp³-hybridized carbons (Fsp3) is 0.211. The van der Waals surface area contributed by atoms with Gasteiger partial charge in [-0.15, -0.1) is 0 Å². The number of hydrogen-bond acceptors (Lipinski definition) is 4. The maximum absolute atomic E-state index is 4.48. The lowest BCUT2D eigenvalue weighted by Crippen LogP contribution is -1.99. The molecule has 2 heterocycles. The van der Waals surface area contributed by atoms with Crippen molar-refractivity contribution in [2.24, 2.45) is 4.99 Å². The van der Waals surface area contributed by atoms with Crippen molar-refractivity contribution in [1.82, 2.24) is 4.98 Å². The molecular formula is C19H20N5+. The summed E-state index contributed by atoms with van der Waals surface area (Å²) in [5.41, 5.74) is 4.36. The number of allylic oxidation sites excluding steroid dienone is 1. The molecule has 0 saturated heterocycles. The number of nitrogens with zero attached hydrogens (tertiary/aromatic N) is 3. The van der Waals surface area contributed by atoms with Crippen molar-refractivity contribution >= 4 is 17.3 Å². The average Bonchev–Trinajstić information content (AvgIpc) is 2.88. The summed E-state index contributed by atoms with van der Waals surface area (Å²) in [5.74, 6) is 1.40. The van der Waals surface area contributed by atoms with Gasteiger partial charge in [-0.1, -0.05) is 6.07 Å². The highest BCUT2D eigenvalue weighted by atomic mass is 15.0. The first-order valence-electron chi connectivity index (χ1n) is 7.84. The van der Waals surface area contributed by atoms with Crippen LogP contribution in [0, 0.1) is 13.0 Å². The molecule has 0 saturated carbocycles. The molecule has 0 radical (unpaired) electrons. The van der Waals surface area contributed by atoms with Crippen LogP contribution in [0.5, 0.6) is 0 Å². The van der Waals surface area contributed by atoms with Crippen molar-refractivity contribution < 1.29 is 0 Å². The molecule has 24 heavy (non-hydrogen) atoms. The van der Waals surface area contributed by atoms with Gasteiger partial charge in [-0.05, 0) is 53.4 Å². The number of anilines is 2. The van der Waals surface area contributed by atoms with Crippen LogP contribution < -0.4 is 10.6 Å². The lowest BCUT2D eigenvalue weighted by Gasteiger charge is -2.09. The number of amidine groups is 1. The zero-order chi connectivity index (χ0) is 16.9. The van der Waals surface area contributed by atoms with Gasteiger partial charge in [-0.25, -0.2) is 4.98 Å². The highest BCUT2D eigenvalue weighted by molar-refractivity contribution is 6.07. The smallest absolute Gasteiger partial charge is 0.388 e. The molecule has 1 aromatic heterocycles. The number of benzene rings is 1. The van der Waals surface area contributed by atoms with E-state index in [4.69, 9.17) is 0 Å². The van der Waals surface area contributed by atoms with Gasteiger partial charge in [-0.3, -0.25) is 0 Å². The molecule has 0 spiro atoms. The zero-order valence-corrected chi connectivity index (χ0v) is 14.0. The fourth-order valence-electron chi connectivity index (χ4n) is 2.55. The van der Waals surface area contributed by atoms with E-state index in [0.29, 0.717) is 5.84 Å². The van der Waals surface area contributed by atoms with E-state index in [-0.39, 0.29) is 5.92 Å². The molecule has 1 unspecified atom stereocenters. The molecule has 1 aliphatic rings. The third-order valence-electron chi connectivity index (χ3n) is 3.96. The van der Waals surface area contributed by atoms with Crippen LogP contribution in [-0.4, -0.2) is 24.9 Å². The summed E-state index contributed by atoms with van der Waals surface area (Å²) in [5, 5.41) is 6.20. The van der Waals surface area contributed by atoms with Crippen LogP contribution in [0.15, 0.2) is 53.8 Å². The van der Waals surface area contributed by atoms with Gasteiger partial charge >= 0.3 is 5.84 Å². The molecule has 120 valence electrons. The van der Waals surface area contributed by atoms with Crippen LogP contribution >= 0.6 is 0 Å². The molecule has 1 aromatic carbocycles. The first kappa shape index (κ1) is 15.8. The normalized spacial score (nSPS) is 15.8. The number of nitrogens with one attached hydrogen (secondary N) is 2. The maximum atomic E-state index is 4.48. The Labute approximate surface area is 142 Å². The minimum absolute atomic E-state index is 0.0230. The van der Waals surface area contributed by atoms with Gasteiger partial charge < -0.3 is 10.6 Å². The van der Waals surface area contributed by atoms with Gasteiger partial charge in [0.2, 0.25) is 0 Å². The third kappa shape index (κ3) is 3.28. The summed E-state index contributed by atoms with van der Waals surface area (Å²) in [4.78, 5) is 13.2. The minimum Gasteiger partial charge on any atom is -0.388 e. The topological polar surface area (TPSA) is 53.7 Å². The van der Waals surface area contributed by atoms with Gasteiger partial charge in [-0.2, -0.15) is 4.85 Å². The van der Waals surface area contributed by atoms with Crippen molar-refractivity contribution in [2.75, 3.05) is 24.7 Å². The summed E-state index contributed by atoms with van der Waals surface area (Å²) < 4.78 is 0. The highest BCUT2D eigenvalue weighted by Gasteiger charge is 2.19. The Morgan fingerprint density at radius 2 is 2.00 bits per heavy atom. The Hall–Kier alpha value is -3.13. The molecule has 0 bridgehead atoms. The summed E-state index contributed by atoms with van der Waals surface area (Å²) >= 11 is 0. The first-order chi connectivity index (χ1) is 11.7. The van der Waals surface area contributed by atoms with Crippen LogP contribution in [0.3, 0.4) is 0 Å². The molecule has 0 fully saturated rings. The van der Waals surface area contributed by atoms with Crippen molar-refractivity contribution in [3.63, 3.8) is 0 Å². The number of aliphatic imine (C=N–C) groups is 1. The van der Waals surface area contributed by atoms with Crippen LogP contribution in [0.25, 0.3) is 4.85 Å². The summed E-state index contributed by atoms with van der Waals surface area (Å²) in [6, 6.07) is 13.3. The number of pyridine rings is 1. The summed E-state index contributed by atoms with van der Waals surface area (Å²) in [7, 11) is 3.75. The number of rotatable bonds is 4. The van der Waals surface area contributed by atoms with E-state index in [0.717, 1.165) is 17.1 Å². The number of hydrogen-bond donors (Lipinski definition) is 2. The van der Waals surface area contributed by atoms with Crippen molar-refractivity contribution in [3.8, 4) is 6.07 Å². The molecule has 2 N–H and O–H groups in total. The predicted octanol–water partition coefficient (Wildman–Crippen LogP) is 3.86. The Morgan fingerprint density at radius 1 is 1.12 bits per heavy atom. The standard InChI is InChI=1S/C19H20N5/c1-13-4-5-16(20-2)11-17(13)15-7-9-23-19(24-12-15)14-6-8-22-18(10-14)21-3/h4-11,15,20H,1-3H3,(H,21,22)/q+1. The fourth-order valence-corrected chi connectivity index (χ4v) is 2.55. The third-order valence-corrected chi connectivity index (χ3v) is 3.96. The molecule has 3 rings (SSSR count). The molecule has 5 heteroatoms. The van der Waals surface area contributed by atoms with E-state index in [1.807, 2.05) is 32.3 Å². The van der Waals surface area contributed by atoms with Gasteiger partial charge in [0.25, 0.3) is 0 Å². The first-order valence-corrected chi connectivity index (χ1v) is 7.84. The highest BCUT2D eigenvalue weighted by Crippen LogP contribution is 2.25. The van der Waals surface area contributed by atoms with E-state index < -0.39 is 0 Å². The van der Waals surface area contributed by atoms with Crippen molar-refractivity contribution in [2.45, 2.75) is 12.8 Å². The largest absolute Gasteiger partial charge is 0.432 e. The van der Waals surface area contributed by atoms with E-state index in [2.05, 4.69) is 56.6 Å². The average molecular weight is 318 g/mol. The van der Waals surface area contributed by atoms with Gasteiger partial charge in [0.05, 0.1) is 5.56 Å². The lowest BCUT2D eigenvalue weighted by atomic mass is 9.95. The van der Waals surface area contributed by atoms with E-state index >= 15 is 0 Å². The molecular weight excluding hydrogens is 298 g/mol. The molecule has 1 aliphatic heterocycles. The predicted molar refractivity (Wildman–Crippen MR) is 100 cm³/mol. The Morgan fingerprint density at radius 3 is 2.79 bits per heavy atom.